The molecule has 0 bridgehead atoms. The van der Waals surface area contributed by atoms with E-state index in [0.717, 1.165) is 23.5 Å². The third-order valence-corrected chi connectivity index (χ3v) is 3.64. The summed E-state index contributed by atoms with van der Waals surface area (Å²) in [6.07, 6.45) is 0. The van der Waals surface area contributed by atoms with Crippen molar-refractivity contribution in [2.24, 2.45) is 0 Å². The molecule has 2 amide bonds. The minimum Gasteiger partial charge on any atom is -0.384 e. The molecule has 1 aromatic rings. The van der Waals surface area contributed by atoms with Crippen LogP contribution in [-0.4, -0.2) is 47.7 Å². The van der Waals surface area contributed by atoms with Gasteiger partial charge in [-0.1, -0.05) is 11.8 Å². The van der Waals surface area contributed by atoms with Gasteiger partial charge in [-0.2, -0.15) is 0 Å². The Morgan fingerprint density at radius 2 is 2.11 bits per heavy atom. The zero-order valence-electron chi connectivity index (χ0n) is 11.6. The topological polar surface area (TPSA) is 43.8 Å². The standard InChI is InChI=1S/C14H20N2O2S/c1-4-16(5-2)14(18)15(3)10-13-9-12(11-19-13)7-6-8-17/h9,11,17H,4-5,8,10H2,1-3H3. The highest BCUT2D eigenvalue weighted by molar-refractivity contribution is 7.10. The highest BCUT2D eigenvalue weighted by Gasteiger charge is 2.15. The molecule has 0 unspecified atom stereocenters. The van der Waals surface area contributed by atoms with Crippen LogP contribution in [0.2, 0.25) is 0 Å². The maximum absolute atomic E-state index is 12.1. The summed E-state index contributed by atoms with van der Waals surface area (Å²) in [5, 5.41) is 10.6. The van der Waals surface area contributed by atoms with Crippen molar-refractivity contribution in [3.8, 4) is 11.8 Å². The predicted molar refractivity (Wildman–Crippen MR) is 78.1 cm³/mol. The van der Waals surface area contributed by atoms with E-state index in [1.807, 2.05) is 25.3 Å². The van der Waals surface area contributed by atoms with Crippen LogP contribution in [0, 0.1) is 11.8 Å². The number of carbonyl (C=O) groups is 1. The Kier molecular flexibility index (Phi) is 6.40. The second kappa shape index (κ2) is 7.82. The number of carbonyl (C=O) groups excluding carboxylic acids is 1. The fraction of sp³-hybridized carbons (Fsp3) is 0.500. The zero-order valence-corrected chi connectivity index (χ0v) is 12.5. The van der Waals surface area contributed by atoms with E-state index in [4.69, 9.17) is 5.11 Å². The normalized spacial score (nSPS) is 9.68. The summed E-state index contributed by atoms with van der Waals surface area (Å²) >= 11 is 1.58. The lowest BCUT2D eigenvalue weighted by Crippen LogP contribution is -2.40. The minimum atomic E-state index is -0.133. The Bertz CT molecular complexity index is 469. The van der Waals surface area contributed by atoms with Gasteiger partial charge < -0.3 is 14.9 Å². The van der Waals surface area contributed by atoms with Gasteiger partial charge in [-0.3, -0.25) is 0 Å². The Morgan fingerprint density at radius 3 is 2.68 bits per heavy atom. The molecule has 0 saturated heterocycles. The second-order valence-corrected chi connectivity index (χ2v) is 5.07. The minimum absolute atomic E-state index is 0.0430. The van der Waals surface area contributed by atoms with E-state index >= 15 is 0 Å². The zero-order chi connectivity index (χ0) is 14.3. The van der Waals surface area contributed by atoms with Crippen molar-refractivity contribution in [3.63, 3.8) is 0 Å². The van der Waals surface area contributed by atoms with Crippen LogP contribution in [0.4, 0.5) is 4.79 Å². The van der Waals surface area contributed by atoms with Gasteiger partial charge in [0.05, 0.1) is 6.54 Å². The van der Waals surface area contributed by atoms with Crippen molar-refractivity contribution >= 4 is 17.4 Å². The van der Waals surface area contributed by atoms with E-state index in [1.165, 1.54) is 0 Å². The molecule has 0 spiro atoms. The van der Waals surface area contributed by atoms with Crippen LogP contribution in [0.3, 0.4) is 0 Å². The van der Waals surface area contributed by atoms with E-state index in [0.29, 0.717) is 6.54 Å². The number of hydrogen-bond donors (Lipinski definition) is 1. The average Bonchev–Trinajstić information content (AvgIpc) is 2.85. The number of aliphatic hydroxyl groups is 1. The highest BCUT2D eigenvalue weighted by atomic mass is 32.1. The van der Waals surface area contributed by atoms with Gasteiger partial charge >= 0.3 is 6.03 Å². The molecule has 1 aromatic heterocycles. The third-order valence-electron chi connectivity index (χ3n) is 2.72. The molecule has 0 radical (unpaired) electrons. The summed E-state index contributed by atoms with van der Waals surface area (Å²) in [6, 6.07) is 2.00. The molecule has 0 aliphatic heterocycles. The van der Waals surface area contributed by atoms with Crippen molar-refractivity contribution in [3.05, 3.63) is 21.9 Å². The Balaban J connectivity index is 2.63. The van der Waals surface area contributed by atoms with Gasteiger partial charge in [0.2, 0.25) is 0 Å². The first-order valence-corrected chi connectivity index (χ1v) is 7.17. The first-order chi connectivity index (χ1) is 9.12. The maximum atomic E-state index is 12.1. The smallest absolute Gasteiger partial charge is 0.320 e. The quantitative estimate of drug-likeness (QED) is 0.857. The highest BCUT2D eigenvalue weighted by Crippen LogP contribution is 2.16. The molecular weight excluding hydrogens is 260 g/mol. The number of hydrogen-bond acceptors (Lipinski definition) is 3. The molecule has 5 heteroatoms. The SMILES string of the molecule is CCN(CC)C(=O)N(C)Cc1cc(C#CCO)cs1. The Labute approximate surface area is 118 Å². The molecule has 0 aliphatic rings. The average molecular weight is 280 g/mol. The van der Waals surface area contributed by atoms with E-state index in [1.54, 1.807) is 28.2 Å². The van der Waals surface area contributed by atoms with E-state index in [-0.39, 0.29) is 12.6 Å². The fourth-order valence-corrected chi connectivity index (χ4v) is 2.58. The Morgan fingerprint density at radius 1 is 1.42 bits per heavy atom. The first-order valence-electron chi connectivity index (χ1n) is 6.29. The van der Waals surface area contributed by atoms with Crippen LogP contribution in [0.5, 0.6) is 0 Å². The van der Waals surface area contributed by atoms with Crippen LogP contribution in [-0.2, 0) is 6.54 Å². The number of thiophene rings is 1. The summed E-state index contributed by atoms with van der Waals surface area (Å²) in [4.78, 5) is 16.7. The van der Waals surface area contributed by atoms with Gasteiger partial charge in [0.25, 0.3) is 0 Å². The Hall–Kier alpha value is -1.51. The predicted octanol–water partition coefficient (Wildman–Crippen LogP) is 1.99. The van der Waals surface area contributed by atoms with Gasteiger partial charge in [0.1, 0.15) is 6.61 Å². The van der Waals surface area contributed by atoms with E-state index in [9.17, 15) is 4.79 Å². The first kappa shape index (κ1) is 15.5. The molecule has 0 saturated carbocycles. The second-order valence-electron chi connectivity index (χ2n) is 4.07. The number of rotatable bonds is 4. The number of aliphatic hydroxyl groups excluding tert-OH is 1. The molecule has 1 rings (SSSR count). The summed E-state index contributed by atoms with van der Waals surface area (Å²) in [5.41, 5.74) is 0.887. The van der Waals surface area contributed by atoms with Gasteiger partial charge in [0.15, 0.2) is 0 Å². The molecule has 4 nitrogen and oxygen atoms in total. The molecule has 0 aliphatic carbocycles. The lowest BCUT2D eigenvalue weighted by molar-refractivity contribution is 0.166. The van der Waals surface area contributed by atoms with Gasteiger partial charge in [-0.25, -0.2) is 4.79 Å². The van der Waals surface area contributed by atoms with Gasteiger partial charge in [-0.05, 0) is 19.9 Å². The van der Waals surface area contributed by atoms with Crippen molar-refractivity contribution < 1.29 is 9.90 Å². The van der Waals surface area contributed by atoms with Crippen LogP contribution in [0.15, 0.2) is 11.4 Å². The monoisotopic (exact) mass is 280 g/mol. The molecule has 0 fully saturated rings. The molecule has 0 aromatic carbocycles. The van der Waals surface area contributed by atoms with Crippen molar-refractivity contribution in [2.45, 2.75) is 20.4 Å². The molecule has 0 atom stereocenters. The lowest BCUT2D eigenvalue weighted by atomic mass is 10.3. The summed E-state index contributed by atoms with van der Waals surface area (Å²) in [7, 11) is 1.81. The molecule has 19 heavy (non-hydrogen) atoms. The van der Waals surface area contributed by atoms with E-state index < -0.39 is 0 Å². The summed E-state index contributed by atoms with van der Waals surface area (Å²) < 4.78 is 0. The van der Waals surface area contributed by atoms with E-state index in [2.05, 4.69) is 11.8 Å². The molecule has 104 valence electrons. The lowest BCUT2D eigenvalue weighted by Gasteiger charge is -2.25. The van der Waals surface area contributed by atoms with Crippen molar-refractivity contribution in [1.29, 1.82) is 0 Å². The van der Waals surface area contributed by atoms with Gasteiger partial charge in [0, 0.05) is 36.0 Å². The van der Waals surface area contributed by atoms with Crippen LogP contribution >= 0.6 is 11.3 Å². The summed E-state index contributed by atoms with van der Waals surface area (Å²) in [5.74, 6) is 5.47. The number of nitrogens with zero attached hydrogens (tertiary/aromatic N) is 2. The summed E-state index contributed by atoms with van der Waals surface area (Å²) in [6.45, 7) is 5.84. The van der Waals surface area contributed by atoms with Crippen LogP contribution < -0.4 is 0 Å². The third kappa shape index (κ3) is 4.58. The van der Waals surface area contributed by atoms with Crippen LogP contribution in [0.25, 0.3) is 0 Å². The molecular formula is C14H20N2O2S. The van der Waals surface area contributed by atoms with Crippen molar-refractivity contribution in [2.75, 3.05) is 26.7 Å². The molecule has 1 N–H and O–H groups in total. The number of amides is 2. The molecule has 1 heterocycles. The fourth-order valence-electron chi connectivity index (χ4n) is 1.71. The maximum Gasteiger partial charge on any atom is 0.320 e. The van der Waals surface area contributed by atoms with Crippen molar-refractivity contribution in [1.82, 2.24) is 9.80 Å². The van der Waals surface area contributed by atoms with Crippen LogP contribution in [0.1, 0.15) is 24.3 Å². The van der Waals surface area contributed by atoms with Gasteiger partial charge in [-0.15, -0.1) is 11.3 Å². The largest absolute Gasteiger partial charge is 0.384 e. The number of urea groups is 1.